The molecule has 0 fully saturated rings. The number of hydrogen-bond donors (Lipinski definition) is 1. The molecule has 0 spiro atoms. The maximum Gasteiger partial charge on any atom is 0.214 e. The Labute approximate surface area is 163 Å². The van der Waals surface area contributed by atoms with Crippen LogP contribution in [0.25, 0.3) is 11.8 Å². The number of benzene rings is 2. The van der Waals surface area contributed by atoms with Crippen molar-refractivity contribution in [1.29, 1.82) is 0 Å². The topological polar surface area (TPSA) is 77.5 Å². The quantitative estimate of drug-likeness (QED) is 0.771. The predicted molar refractivity (Wildman–Crippen MR) is 105 cm³/mol. The van der Waals surface area contributed by atoms with Gasteiger partial charge in [0.2, 0.25) is 12.2 Å². The van der Waals surface area contributed by atoms with E-state index in [9.17, 15) is 9.90 Å². The van der Waals surface area contributed by atoms with Gasteiger partial charge in [-0.3, -0.25) is 4.79 Å². The van der Waals surface area contributed by atoms with Crippen LogP contribution in [-0.2, 0) is 11.2 Å². The Hall–Kier alpha value is -3.35. The molecule has 0 saturated heterocycles. The number of hydrogen-bond acceptors (Lipinski definition) is 6. The van der Waals surface area contributed by atoms with Crippen molar-refractivity contribution in [2.24, 2.45) is 0 Å². The fraction of sp³-hybridized carbons (Fsp3) is 0.286. The Bertz CT molecular complexity index is 922. The monoisotopic (exact) mass is 385 g/mol. The van der Waals surface area contributed by atoms with E-state index in [2.05, 4.69) is 0 Å². The van der Waals surface area contributed by atoms with E-state index < -0.39 is 0 Å². The molecule has 1 N–H and O–H groups in total. The van der Waals surface area contributed by atoms with Gasteiger partial charge in [0.05, 0.1) is 34.1 Å². The third-order valence-electron chi connectivity index (χ3n) is 4.79. The summed E-state index contributed by atoms with van der Waals surface area (Å²) in [5.41, 5.74) is 3.02. The lowest BCUT2D eigenvalue weighted by Crippen LogP contribution is -2.28. The highest BCUT2D eigenvalue weighted by Gasteiger charge is 2.24. The van der Waals surface area contributed by atoms with Crippen molar-refractivity contribution >= 4 is 18.2 Å². The Balaban J connectivity index is 2.19. The summed E-state index contributed by atoms with van der Waals surface area (Å²) in [5.74, 6) is 1.79. The van der Waals surface area contributed by atoms with Gasteiger partial charge in [-0.2, -0.15) is 0 Å². The fourth-order valence-electron chi connectivity index (χ4n) is 3.34. The molecular formula is C21H23NO6. The van der Waals surface area contributed by atoms with E-state index >= 15 is 0 Å². The van der Waals surface area contributed by atoms with Gasteiger partial charge in [0, 0.05) is 17.7 Å². The standard InChI is InChI=1S/C21H23NO6/c1-25-17-6-5-14(20(24)21(17)28-4)9-16-15-11-19(27-3)18(26-2)10-13(15)7-8-22(16)12-23/h5-6,9-12,24H,7-8H2,1-4H3/b16-9-. The zero-order valence-corrected chi connectivity index (χ0v) is 16.3. The lowest BCUT2D eigenvalue weighted by Gasteiger charge is -2.29. The summed E-state index contributed by atoms with van der Waals surface area (Å²) < 4.78 is 21.3. The van der Waals surface area contributed by atoms with Crippen molar-refractivity contribution in [1.82, 2.24) is 4.90 Å². The zero-order chi connectivity index (χ0) is 20.3. The molecule has 1 heterocycles. The van der Waals surface area contributed by atoms with Gasteiger partial charge in [0.1, 0.15) is 0 Å². The lowest BCUT2D eigenvalue weighted by molar-refractivity contribution is -0.115. The summed E-state index contributed by atoms with van der Waals surface area (Å²) in [5, 5.41) is 10.6. The largest absolute Gasteiger partial charge is 0.504 e. The number of ether oxygens (including phenoxy) is 4. The van der Waals surface area contributed by atoms with Crippen molar-refractivity contribution in [3.8, 4) is 28.7 Å². The summed E-state index contributed by atoms with van der Waals surface area (Å²) in [6.45, 7) is 0.520. The van der Waals surface area contributed by atoms with E-state index in [-0.39, 0.29) is 11.5 Å². The van der Waals surface area contributed by atoms with E-state index in [1.165, 1.54) is 14.2 Å². The summed E-state index contributed by atoms with van der Waals surface area (Å²) in [6, 6.07) is 7.17. The third-order valence-corrected chi connectivity index (χ3v) is 4.79. The third kappa shape index (κ3) is 3.31. The molecule has 1 aliphatic rings. The maximum absolute atomic E-state index is 11.7. The second kappa shape index (κ2) is 8.12. The number of methoxy groups -OCH3 is 4. The zero-order valence-electron chi connectivity index (χ0n) is 16.3. The highest BCUT2D eigenvalue weighted by molar-refractivity contribution is 5.90. The molecule has 0 bridgehead atoms. The van der Waals surface area contributed by atoms with Gasteiger partial charge >= 0.3 is 0 Å². The number of phenolic OH excluding ortho intramolecular Hbond substituents is 1. The Morgan fingerprint density at radius 3 is 2.25 bits per heavy atom. The first-order valence-electron chi connectivity index (χ1n) is 8.70. The summed E-state index contributed by atoms with van der Waals surface area (Å²) >= 11 is 0. The minimum Gasteiger partial charge on any atom is -0.504 e. The Kier molecular flexibility index (Phi) is 5.63. The van der Waals surface area contributed by atoms with Crippen LogP contribution in [0.1, 0.15) is 16.7 Å². The van der Waals surface area contributed by atoms with Crippen LogP contribution in [0.4, 0.5) is 0 Å². The van der Waals surface area contributed by atoms with Gasteiger partial charge in [-0.1, -0.05) is 0 Å². The molecule has 0 aliphatic carbocycles. The number of phenols is 1. The van der Waals surface area contributed by atoms with Crippen LogP contribution in [0.3, 0.4) is 0 Å². The highest BCUT2D eigenvalue weighted by Crippen LogP contribution is 2.42. The van der Waals surface area contributed by atoms with Crippen molar-refractivity contribution < 1.29 is 28.8 Å². The molecule has 2 aromatic rings. The van der Waals surface area contributed by atoms with Crippen LogP contribution in [0.5, 0.6) is 28.7 Å². The smallest absolute Gasteiger partial charge is 0.214 e. The molecule has 3 rings (SSSR count). The Morgan fingerprint density at radius 2 is 1.64 bits per heavy atom. The molecule has 0 unspecified atom stereocenters. The van der Waals surface area contributed by atoms with Crippen molar-refractivity contribution in [3.63, 3.8) is 0 Å². The van der Waals surface area contributed by atoms with E-state index in [1.54, 1.807) is 37.3 Å². The van der Waals surface area contributed by atoms with Gasteiger partial charge in [-0.15, -0.1) is 0 Å². The molecule has 148 valence electrons. The molecule has 7 heteroatoms. The number of rotatable bonds is 6. The maximum atomic E-state index is 11.7. The molecular weight excluding hydrogens is 362 g/mol. The molecule has 7 nitrogen and oxygen atoms in total. The van der Waals surface area contributed by atoms with Crippen LogP contribution < -0.4 is 18.9 Å². The van der Waals surface area contributed by atoms with Crippen molar-refractivity contribution in [2.75, 3.05) is 35.0 Å². The first kappa shape index (κ1) is 19.4. The summed E-state index contributed by atoms with van der Waals surface area (Å²) in [7, 11) is 6.11. The number of nitrogens with zero attached hydrogens (tertiary/aromatic N) is 1. The summed E-state index contributed by atoms with van der Waals surface area (Å²) in [6.07, 6.45) is 3.21. The second-order valence-electron chi connectivity index (χ2n) is 6.18. The summed E-state index contributed by atoms with van der Waals surface area (Å²) in [4.78, 5) is 13.3. The molecule has 0 atom stereocenters. The SMILES string of the molecule is COc1cc2c(cc1OC)/C(=C/c1ccc(OC)c(OC)c1O)N(C=O)CC2. The van der Waals surface area contributed by atoms with E-state index in [0.717, 1.165) is 17.5 Å². The van der Waals surface area contributed by atoms with Crippen LogP contribution in [0.2, 0.25) is 0 Å². The van der Waals surface area contributed by atoms with Crippen molar-refractivity contribution in [2.45, 2.75) is 6.42 Å². The van der Waals surface area contributed by atoms with Crippen LogP contribution in [0, 0.1) is 0 Å². The first-order chi connectivity index (χ1) is 13.6. The van der Waals surface area contributed by atoms with Crippen molar-refractivity contribution in [3.05, 3.63) is 41.0 Å². The van der Waals surface area contributed by atoms with Crippen LogP contribution in [-0.4, -0.2) is 51.4 Å². The molecule has 0 saturated carbocycles. The molecule has 1 amide bonds. The van der Waals surface area contributed by atoms with Crippen LogP contribution >= 0.6 is 0 Å². The minimum absolute atomic E-state index is 0.0622. The highest BCUT2D eigenvalue weighted by atomic mass is 16.5. The molecule has 0 aromatic heterocycles. The number of aromatic hydroxyl groups is 1. The Morgan fingerprint density at radius 1 is 0.964 bits per heavy atom. The number of amides is 1. The van der Waals surface area contributed by atoms with Gasteiger partial charge < -0.3 is 29.0 Å². The van der Waals surface area contributed by atoms with Gasteiger partial charge in [-0.25, -0.2) is 0 Å². The minimum atomic E-state index is -0.0622. The molecule has 2 aromatic carbocycles. The predicted octanol–water partition coefficient (Wildman–Crippen LogP) is 2.94. The molecule has 28 heavy (non-hydrogen) atoms. The van der Waals surface area contributed by atoms with Gasteiger partial charge in [0.15, 0.2) is 23.0 Å². The first-order valence-corrected chi connectivity index (χ1v) is 8.70. The van der Waals surface area contributed by atoms with E-state index in [0.29, 0.717) is 41.5 Å². The lowest BCUT2D eigenvalue weighted by atomic mass is 9.94. The van der Waals surface area contributed by atoms with E-state index in [4.69, 9.17) is 18.9 Å². The number of carbonyl (C=O) groups is 1. The average Bonchev–Trinajstić information content (AvgIpc) is 2.73. The fourth-order valence-corrected chi connectivity index (χ4v) is 3.34. The normalized spacial score (nSPS) is 14.4. The number of carbonyl (C=O) groups excluding carboxylic acids is 1. The van der Waals surface area contributed by atoms with Crippen LogP contribution in [0.15, 0.2) is 24.3 Å². The van der Waals surface area contributed by atoms with Gasteiger partial charge in [-0.05, 0) is 42.3 Å². The average molecular weight is 385 g/mol. The molecule has 0 radical (unpaired) electrons. The second-order valence-corrected chi connectivity index (χ2v) is 6.18. The number of fused-ring (bicyclic) bond motifs is 1. The van der Waals surface area contributed by atoms with Gasteiger partial charge in [0.25, 0.3) is 0 Å². The van der Waals surface area contributed by atoms with E-state index in [1.807, 2.05) is 12.1 Å². The molecule has 1 aliphatic heterocycles.